The van der Waals surface area contributed by atoms with Gasteiger partial charge >= 0.3 is 0 Å². The summed E-state index contributed by atoms with van der Waals surface area (Å²) in [6.45, 7) is 0. The Bertz CT molecular complexity index is 3520. The van der Waals surface area contributed by atoms with E-state index in [4.69, 9.17) is 6.85 Å². The third-order valence-electron chi connectivity index (χ3n) is 12.5. The molecule has 2 aliphatic rings. The number of nitrogens with zero attached hydrogens (tertiary/aromatic N) is 3. The molecule has 12 rings (SSSR count). The topological polar surface area (TPSA) is 11.4 Å². The number of anilines is 6. The van der Waals surface area contributed by atoms with E-state index < -0.39 is 11.5 Å². The van der Waals surface area contributed by atoms with Crippen LogP contribution in [0.15, 0.2) is 218 Å². The molecular formula is C56H39N3. The molecule has 0 N–H and O–H groups in total. The smallest absolute Gasteiger partial charge is 0.0733 e. The molecule has 1 spiro atoms. The number of aryl methyl sites for hydroxylation is 1. The molecule has 0 bridgehead atoms. The Morgan fingerprint density at radius 2 is 0.915 bits per heavy atom. The van der Waals surface area contributed by atoms with E-state index in [-0.39, 0.29) is 29.9 Å². The van der Waals surface area contributed by atoms with Gasteiger partial charge in [-0.15, -0.1) is 0 Å². The zero-order valence-corrected chi connectivity index (χ0v) is 32.2. The van der Waals surface area contributed by atoms with Crippen LogP contribution in [0.5, 0.6) is 0 Å². The Labute approximate surface area is 351 Å². The number of rotatable bonds is 6. The fraction of sp³-hybridized carbons (Fsp3) is 0.0357. The lowest BCUT2D eigenvalue weighted by Gasteiger charge is -2.32. The van der Waals surface area contributed by atoms with Gasteiger partial charge in [0.05, 0.1) is 23.5 Å². The van der Waals surface area contributed by atoms with Crippen LogP contribution in [0, 0.1) is 0 Å². The quantitative estimate of drug-likeness (QED) is 0.167. The molecule has 278 valence electrons. The molecule has 1 atom stereocenters. The lowest BCUT2D eigenvalue weighted by atomic mass is 9.70. The second kappa shape index (κ2) is 13.0. The number of hydrogen-bond acceptors (Lipinski definition) is 2. The van der Waals surface area contributed by atoms with Gasteiger partial charge in [0.1, 0.15) is 0 Å². The van der Waals surface area contributed by atoms with Gasteiger partial charge in [-0.05, 0) is 117 Å². The van der Waals surface area contributed by atoms with Crippen molar-refractivity contribution in [1.82, 2.24) is 4.57 Å². The van der Waals surface area contributed by atoms with Crippen LogP contribution >= 0.6 is 0 Å². The second-order valence-corrected chi connectivity index (χ2v) is 15.4. The van der Waals surface area contributed by atoms with Crippen LogP contribution in [0.1, 0.15) is 29.1 Å². The zero-order chi connectivity index (χ0) is 43.4. The Hall–Kier alpha value is -7.62. The van der Waals surface area contributed by atoms with Crippen molar-refractivity contribution in [2.45, 2.75) is 5.41 Å². The largest absolute Gasteiger partial charge is 0.342 e. The fourth-order valence-electron chi connectivity index (χ4n) is 10.1. The molecule has 1 unspecified atom stereocenters. The van der Waals surface area contributed by atoms with Gasteiger partial charge in [0.15, 0.2) is 0 Å². The minimum atomic E-state index is -0.642. The van der Waals surface area contributed by atoms with Crippen molar-refractivity contribution in [2.75, 3.05) is 9.80 Å². The average Bonchev–Trinajstić information content (AvgIpc) is 3.93. The summed E-state index contributed by atoms with van der Waals surface area (Å²) in [7, 11) is 2.16. The monoisotopic (exact) mass is 758 g/mol. The van der Waals surface area contributed by atoms with Gasteiger partial charge in [-0.25, -0.2) is 0 Å². The van der Waals surface area contributed by atoms with Crippen LogP contribution in [0.4, 0.5) is 34.1 Å². The molecule has 0 radical (unpaired) electrons. The van der Waals surface area contributed by atoms with Crippen molar-refractivity contribution in [1.29, 1.82) is 0 Å². The summed E-state index contributed by atoms with van der Waals surface area (Å²) in [5.74, 6) is 0. The summed E-state index contributed by atoms with van der Waals surface area (Å²) >= 11 is 0. The summed E-state index contributed by atoms with van der Waals surface area (Å²) in [5.41, 5.74) is 15.5. The van der Waals surface area contributed by atoms with Crippen LogP contribution in [0.2, 0.25) is 0 Å². The number of hydrogen-bond donors (Lipinski definition) is 0. The highest BCUT2D eigenvalue weighted by molar-refractivity contribution is 6.13. The van der Waals surface area contributed by atoms with Crippen molar-refractivity contribution in [2.24, 2.45) is 7.05 Å². The normalized spacial score (nSPS) is 15.8. The Balaban J connectivity index is 1.09. The maximum Gasteiger partial charge on any atom is 0.0733 e. The van der Waals surface area contributed by atoms with Crippen LogP contribution in [-0.4, -0.2) is 4.57 Å². The molecule has 0 saturated heterocycles. The van der Waals surface area contributed by atoms with Gasteiger partial charge in [0, 0.05) is 51.8 Å². The summed E-state index contributed by atoms with van der Waals surface area (Å²) in [6.07, 6.45) is 0. The van der Waals surface area contributed by atoms with Crippen LogP contribution in [-0.2, 0) is 12.5 Å². The summed E-state index contributed by atoms with van der Waals surface area (Å²) < 4.78 is 45.9. The maximum atomic E-state index is 9.04. The van der Waals surface area contributed by atoms with Gasteiger partial charge in [-0.3, -0.25) is 0 Å². The van der Waals surface area contributed by atoms with Crippen molar-refractivity contribution in [3.63, 3.8) is 0 Å². The van der Waals surface area contributed by atoms with Crippen molar-refractivity contribution in [3.8, 4) is 22.3 Å². The van der Waals surface area contributed by atoms with Crippen LogP contribution in [0.3, 0.4) is 0 Å². The van der Waals surface area contributed by atoms with Gasteiger partial charge in [-0.2, -0.15) is 0 Å². The molecule has 0 amide bonds. The Kier molecular flexibility index (Phi) is 6.31. The predicted molar refractivity (Wildman–Crippen MR) is 246 cm³/mol. The van der Waals surface area contributed by atoms with E-state index in [1.54, 1.807) is 4.90 Å². The highest BCUT2D eigenvalue weighted by Crippen LogP contribution is 2.64. The summed E-state index contributed by atoms with van der Waals surface area (Å²) in [6, 6.07) is 64.4. The van der Waals surface area contributed by atoms with E-state index in [9.17, 15) is 0 Å². The first kappa shape index (κ1) is 28.7. The van der Waals surface area contributed by atoms with E-state index in [0.29, 0.717) is 11.4 Å². The molecule has 9 aromatic carbocycles. The van der Waals surface area contributed by atoms with Crippen molar-refractivity contribution in [3.05, 3.63) is 241 Å². The minimum Gasteiger partial charge on any atom is -0.342 e. The number of benzene rings is 9. The highest BCUT2D eigenvalue weighted by atomic mass is 15.2. The number of aromatic nitrogens is 1. The van der Waals surface area contributed by atoms with Crippen LogP contribution < -0.4 is 9.80 Å². The third-order valence-corrected chi connectivity index (χ3v) is 12.5. The molecule has 3 heteroatoms. The first-order chi connectivity index (χ1) is 31.3. The second-order valence-electron chi connectivity index (χ2n) is 15.4. The third kappa shape index (κ3) is 4.76. The fourth-order valence-corrected chi connectivity index (χ4v) is 10.1. The first-order valence-electron chi connectivity index (χ1n) is 22.5. The van der Waals surface area contributed by atoms with E-state index in [2.05, 4.69) is 168 Å². The SMILES string of the molecule is [2H]c1c([2H])c([2H])c(N(c2ccccc2)c2ccc3c(c2)-c2ccccc2C32c3ccccc3-c3cc(N(c4ccccc4)c4cccc5c6ccccc6n(C)c45)ccc32)c([2H])c1[2H]. The molecule has 0 fully saturated rings. The Morgan fingerprint density at radius 1 is 0.407 bits per heavy atom. The summed E-state index contributed by atoms with van der Waals surface area (Å²) in [4.78, 5) is 4.18. The number of fused-ring (bicyclic) bond motifs is 13. The molecule has 0 aliphatic heterocycles. The molecule has 1 aromatic heterocycles. The molecule has 2 aliphatic carbocycles. The van der Waals surface area contributed by atoms with E-state index in [0.717, 1.165) is 44.8 Å². The highest BCUT2D eigenvalue weighted by Gasteiger charge is 2.51. The van der Waals surface area contributed by atoms with E-state index in [1.807, 2.05) is 36.4 Å². The zero-order valence-electron chi connectivity index (χ0n) is 37.2. The lowest BCUT2D eigenvalue weighted by Crippen LogP contribution is -2.26. The molecule has 3 nitrogen and oxygen atoms in total. The lowest BCUT2D eigenvalue weighted by molar-refractivity contribution is 0.793. The molecular weight excluding hydrogens is 715 g/mol. The van der Waals surface area contributed by atoms with Gasteiger partial charge in [0.2, 0.25) is 0 Å². The van der Waals surface area contributed by atoms with Gasteiger partial charge in [-0.1, -0.05) is 146 Å². The standard InChI is InChI=1S/C56H39N3/c1-57-53-30-16-13-26-45(53)46-27-17-31-54(55(46)57)59(40-22-9-4-10-23-40)42-33-35-52-48(37-42)44-25-12-15-29-50(44)56(52)49-28-14-11-24-43(49)47-36-41(32-34-51(47)56)58(38-18-5-2-6-19-38)39-20-7-3-8-21-39/h2-37H,1H3/i2D,5D,6D,18D,19D. The molecule has 10 aromatic rings. The molecule has 59 heavy (non-hydrogen) atoms. The average molecular weight is 759 g/mol. The number of para-hydroxylation sites is 5. The van der Waals surface area contributed by atoms with Crippen LogP contribution in [0.25, 0.3) is 44.1 Å². The van der Waals surface area contributed by atoms with Gasteiger partial charge < -0.3 is 14.4 Å². The van der Waals surface area contributed by atoms with E-state index >= 15 is 0 Å². The predicted octanol–water partition coefficient (Wildman–Crippen LogP) is 14.6. The Morgan fingerprint density at radius 3 is 1.56 bits per heavy atom. The van der Waals surface area contributed by atoms with Gasteiger partial charge in [0.25, 0.3) is 0 Å². The molecule has 1 heterocycles. The maximum absolute atomic E-state index is 9.04. The van der Waals surface area contributed by atoms with Crippen molar-refractivity contribution >= 4 is 55.9 Å². The van der Waals surface area contributed by atoms with E-state index in [1.165, 1.54) is 38.5 Å². The minimum absolute atomic E-state index is 0.101. The van der Waals surface area contributed by atoms with Crippen molar-refractivity contribution < 1.29 is 6.85 Å². The summed E-state index contributed by atoms with van der Waals surface area (Å²) in [5, 5.41) is 2.43. The first-order valence-corrected chi connectivity index (χ1v) is 20.0. The molecule has 0 saturated carbocycles.